The highest BCUT2D eigenvalue weighted by molar-refractivity contribution is 5.93. The van der Waals surface area contributed by atoms with Crippen LogP contribution in [0.1, 0.15) is 16.1 Å². The van der Waals surface area contributed by atoms with Crippen molar-refractivity contribution in [3.05, 3.63) is 17.3 Å². The van der Waals surface area contributed by atoms with Crippen molar-refractivity contribution in [3.63, 3.8) is 0 Å². The maximum atomic E-state index is 12.1. The number of hydrogen-bond acceptors (Lipinski definition) is 6. The van der Waals surface area contributed by atoms with Crippen LogP contribution < -0.4 is 10.5 Å². The summed E-state index contributed by atoms with van der Waals surface area (Å²) in [6.45, 7) is 0. The number of aromatic nitrogens is 1. The lowest BCUT2D eigenvalue weighted by molar-refractivity contribution is -0.276. The number of esters is 1. The summed E-state index contributed by atoms with van der Waals surface area (Å²) >= 11 is 0. The van der Waals surface area contributed by atoms with E-state index in [2.05, 4.69) is 14.5 Å². The van der Waals surface area contributed by atoms with Crippen molar-refractivity contribution in [2.75, 3.05) is 12.8 Å². The molecule has 0 saturated heterocycles. The van der Waals surface area contributed by atoms with Crippen molar-refractivity contribution in [2.45, 2.75) is 6.36 Å². The van der Waals surface area contributed by atoms with Crippen LogP contribution in [0, 0.1) is 11.3 Å². The van der Waals surface area contributed by atoms with E-state index in [0.29, 0.717) is 0 Å². The normalized spacial score (nSPS) is 10.6. The molecule has 0 aliphatic heterocycles. The first kappa shape index (κ1) is 13.6. The van der Waals surface area contributed by atoms with Gasteiger partial charge in [0.2, 0.25) is 5.88 Å². The fourth-order valence-corrected chi connectivity index (χ4v) is 1.05. The second-order valence-corrected chi connectivity index (χ2v) is 2.93. The van der Waals surface area contributed by atoms with Crippen molar-refractivity contribution in [1.82, 2.24) is 4.98 Å². The van der Waals surface area contributed by atoms with Gasteiger partial charge in [-0.3, -0.25) is 0 Å². The maximum Gasteiger partial charge on any atom is 0.574 e. The summed E-state index contributed by atoms with van der Waals surface area (Å²) in [7, 11) is 0.966. The van der Waals surface area contributed by atoms with Crippen LogP contribution in [0.2, 0.25) is 0 Å². The molecular weight excluding hydrogens is 255 g/mol. The van der Waals surface area contributed by atoms with Crippen molar-refractivity contribution >= 4 is 11.7 Å². The Morgan fingerprint density at radius 1 is 1.56 bits per heavy atom. The van der Waals surface area contributed by atoms with Gasteiger partial charge in [-0.25, -0.2) is 4.79 Å². The minimum Gasteiger partial charge on any atom is -0.465 e. The highest BCUT2D eigenvalue weighted by atomic mass is 19.4. The first-order chi connectivity index (χ1) is 8.28. The number of hydrogen-bond donors (Lipinski definition) is 1. The molecule has 9 heteroatoms. The van der Waals surface area contributed by atoms with Gasteiger partial charge in [-0.15, -0.1) is 13.2 Å². The summed E-state index contributed by atoms with van der Waals surface area (Å²) in [6, 6.07) is 2.30. The lowest BCUT2D eigenvalue weighted by atomic mass is 10.2. The summed E-state index contributed by atoms with van der Waals surface area (Å²) in [5, 5.41) is 8.58. The first-order valence-corrected chi connectivity index (χ1v) is 4.33. The van der Waals surface area contributed by atoms with E-state index in [9.17, 15) is 18.0 Å². The molecular formula is C9H6F3N3O3. The van der Waals surface area contributed by atoms with E-state index in [1.807, 2.05) is 0 Å². The Morgan fingerprint density at radius 2 is 2.17 bits per heavy atom. The molecule has 1 aromatic heterocycles. The SMILES string of the molecule is COC(=O)c1cc(N)c(C#N)nc1OC(F)(F)F. The molecule has 0 fully saturated rings. The molecule has 1 rings (SSSR count). The molecule has 0 saturated carbocycles. The van der Waals surface area contributed by atoms with Crippen molar-refractivity contribution in [2.24, 2.45) is 0 Å². The molecule has 0 aromatic carbocycles. The number of ether oxygens (including phenoxy) is 2. The molecule has 18 heavy (non-hydrogen) atoms. The molecule has 6 nitrogen and oxygen atoms in total. The van der Waals surface area contributed by atoms with Gasteiger partial charge in [-0.05, 0) is 6.07 Å². The Labute approximate surface area is 98.7 Å². The molecule has 0 radical (unpaired) electrons. The zero-order chi connectivity index (χ0) is 13.9. The quantitative estimate of drug-likeness (QED) is 0.803. The van der Waals surface area contributed by atoms with E-state index < -0.39 is 29.5 Å². The summed E-state index contributed by atoms with van der Waals surface area (Å²) < 4.78 is 44.1. The van der Waals surface area contributed by atoms with Crippen LogP contribution in [0.4, 0.5) is 18.9 Å². The Kier molecular flexibility index (Phi) is 3.61. The van der Waals surface area contributed by atoms with E-state index in [4.69, 9.17) is 11.0 Å². The number of halogens is 3. The van der Waals surface area contributed by atoms with E-state index in [1.54, 1.807) is 0 Å². The molecule has 0 atom stereocenters. The van der Waals surface area contributed by atoms with Crippen LogP contribution in [-0.2, 0) is 4.74 Å². The van der Waals surface area contributed by atoms with E-state index in [0.717, 1.165) is 13.2 Å². The van der Waals surface area contributed by atoms with E-state index in [1.165, 1.54) is 6.07 Å². The Balaban J connectivity index is 3.36. The largest absolute Gasteiger partial charge is 0.574 e. The average molecular weight is 261 g/mol. The van der Waals surface area contributed by atoms with Gasteiger partial charge < -0.3 is 15.2 Å². The number of rotatable bonds is 2. The van der Waals surface area contributed by atoms with Gasteiger partial charge in [0, 0.05) is 0 Å². The Hall–Kier alpha value is -2.50. The Morgan fingerprint density at radius 3 is 2.61 bits per heavy atom. The third-order valence-electron chi connectivity index (χ3n) is 1.74. The van der Waals surface area contributed by atoms with Gasteiger partial charge in [0.15, 0.2) is 5.69 Å². The number of pyridine rings is 1. The van der Waals surface area contributed by atoms with E-state index >= 15 is 0 Å². The maximum absolute atomic E-state index is 12.1. The van der Waals surface area contributed by atoms with Gasteiger partial charge in [-0.1, -0.05) is 0 Å². The van der Waals surface area contributed by atoms with Crippen LogP contribution in [0.5, 0.6) is 5.88 Å². The van der Waals surface area contributed by atoms with Crippen LogP contribution in [-0.4, -0.2) is 24.4 Å². The molecule has 0 amide bonds. The summed E-state index contributed by atoms with van der Waals surface area (Å²) in [6.07, 6.45) is -5.06. The predicted molar refractivity (Wildman–Crippen MR) is 51.4 cm³/mol. The summed E-state index contributed by atoms with van der Waals surface area (Å²) in [5.74, 6) is -2.20. The summed E-state index contributed by atoms with van der Waals surface area (Å²) in [5.41, 5.74) is 3.97. The standard InChI is InChI=1S/C9H6F3N3O3/c1-17-8(16)4-2-5(14)6(3-13)15-7(4)18-9(10,11)12/h2H,14H2,1H3. The minimum atomic E-state index is -5.06. The zero-order valence-corrected chi connectivity index (χ0v) is 8.91. The fourth-order valence-electron chi connectivity index (χ4n) is 1.05. The second-order valence-electron chi connectivity index (χ2n) is 2.93. The third-order valence-corrected chi connectivity index (χ3v) is 1.74. The number of nitrogens with two attached hydrogens (primary N) is 1. The van der Waals surface area contributed by atoms with Gasteiger partial charge in [0.25, 0.3) is 0 Å². The van der Waals surface area contributed by atoms with Crippen molar-refractivity contribution in [1.29, 1.82) is 5.26 Å². The number of carbonyl (C=O) groups is 1. The van der Waals surface area contributed by atoms with Gasteiger partial charge in [0.05, 0.1) is 12.8 Å². The van der Waals surface area contributed by atoms with Crippen LogP contribution >= 0.6 is 0 Å². The molecule has 0 spiro atoms. The van der Waals surface area contributed by atoms with Gasteiger partial charge in [0.1, 0.15) is 11.6 Å². The van der Waals surface area contributed by atoms with Crippen molar-refractivity contribution < 1.29 is 27.4 Å². The molecule has 0 aliphatic rings. The third kappa shape index (κ3) is 3.00. The predicted octanol–water partition coefficient (Wildman–Crippen LogP) is 1.22. The van der Waals surface area contributed by atoms with Crippen LogP contribution in [0.3, 0.4) is 0 Å². The first-order valence-electron chi connectivity index (χ1n) is 4.33. The smallest absolute Gasteiger partial charge is 0.465 e. The number of carbonyl (C=O) groups excluding carboxylic acids is 1. The molecule has 1 heterocycles. The lowest BCUT2D eigenvalue weighted by Crippen LogP contribution is -2.21. The molecule has 0 aliphatic carbocycles. The number of methoxy groups -OCH3 is 1. The topological polar surface area (TPSA) is 98.2 Å². The zero-order valence-electron chi connectivity index (χ0n) is 8.91. The molecule has 96 valence electrons. The number of nitriles is 1. The number of alkyl halides is 3. The van der Waals surface area contributed by atoms with Crippen LogP contribution in [0.25, 0.3) is 0 Å². The Bertz CT molecular complexity index is 522. The summed E-state index contributed by atoms with van der Waals surface area (Å²) in [4.78, 5) is 14.4. The molecule has 1 aromatic rings. The van der Waals surface area contributed by atoms with Gasteiger partial charge >= 0.3 is 12.3 Å². The van der Waals surface area contributed by atoms with E-state index in [-0.39, 0.29) is 5.69 Å². The highest BCUT2D eigenvalue weighted by Crippen LogP contribution is 2.27. The molecule has 0 unspecified atom stereocenters. The lowest BCUT2D eigenvalue weighted by Gasteiger charge is -2.12. The fraction of sp³-hybridized carbons (Fsp3) is 0.222. The van der Waals surface area contributed by atoms with Crippen molar-refractivity contribution in [3.8, 4) is 11.9 Å². The second kappa shape index (κ2) is 4.79. The molecule has 2 N–H and O–H groups in total. The highest BCUT2D eigenvalue weighted by Gasteiger charge is 2.34. The number of anilines is 1. The number of nitrogen functional groups attached to an aromatic ring is 1. The van der Waals surface area contributed by atoms with Crippen LogP contribution in [0.15, 0.2) is 6.07 Å². The monoisotopic (exact) mass is 261 g/mol. The average Bonchev–Trinajstić information content (AvgIpc) is 2.28. The number of nitrogens with zero attached hydrogens (tertiary/aromatic N) is 2. The van der Waals surface area contributed by atoms with Gasteiger partial charge in [-0.2, -0.15) is 10.2 Å². The minimum absolute atomic E-state index is 0.257. The molecule has 0 bridgehead atoms.